The van der Waals surface area contributed by atoms with Crippen LogP contribution in [0.25, 0.3) is 11.0 Å². The van der Waals surface area contributed by atoms with Gasteiger partial charge in [-0.2, -0.15) is 4.98 Å². The number of nitrogens with one attached hydrogen (secondary N) is 2. The maximum atomic E-state index is 9.75. The number of hydrogen-bond donors (Lipinski definition) is 3. The molecule has 2 rings (SSSR count). The molecule has 0 aliphatic heterocycles. The van der Waals surface area contributed by atoms with Crippen LogP contribution in [-0.2, 0) is 0 Å². The van der Waals surface area contributed by atoms with Crippen molar-refractivity contribution in [1.29, 1.82) is 0 Å². The van der Waals surface area contributed by atoms with E-state index in [1.165, 1.54) is 6.33 Å². The van der Waals surface area contributed by atoms with Crippen molar-refractivity contribution in [1.82, 2.24) is 19.9 Å². The molecule has 0 aromatic carbocycles. The first-order chi connectivity index (χ1) is 11.1. The average Bonchev–Trinajstić information content (AvgIpc) is 2.56. The lowest BCUT2D eigenvalue weighted by atomic mass is 10.3. The molecule has 9 heteroatoms. The van der Waals surface area contributed by atoms with Gasteiger partial charge in [0, 0.05) is 27.2 Å². The van der Waals surface area contributed by atoms with Crippen molar-refractivity contribution in [3.05, 3.63) is 6.33 Å². The van der Waals surface area contributed by atoms with Crippen molar-refractivity contribution in [3.63, 3.8) is 0 Å². The average molecular weight is 356 g/mol. The molecule has 134 valence electrons. The summed E-state index contributed by atoms with van der Waals surface area (Å²) in [5.74, 6) is 1.89. The fourth-order valence-electron chi connectivity index (χ4n) is 1.99. The summed E-state index contributed by atoms with van der Waals surface area (Å²) in [5.41, 5.74) is 1.32. The lowest BCUT2D eigenvalue weighted by molar-refractivity contribution is 0.183. The van der Waals surface area contributed by atoms with E-state index in [1.807, 2.05) is 25.9 Å². The molecule has 2 aromatic heterocycles. The number of halogens is 1. The summed E-state index contributed by atoms with van der Waals surface area (Å²) in [6.45, 7) is 5.25. The summed E-state index contributed by atoms with van der Waals surface area (Å²) in [6.07, 6.45) is 2.73. The van der Waals surface area contributed by atoms with Crippen LogP contribution in [0.15, 0.2) is 6.33 Å². The smallest absolute Gasteiger partial charge is 0.227 e. The van der Waals surface area contributed by atoms with E-state index in [1.54, 1.807) is 0 Å². The van der Waals surface area contributed by atoms with Gasteiger partial charge in [-0.15, -0.1) is 12.4 Å². The molecule has 0 aliphatic carbocycles. The first-order valence-corrected chi connectivity index (χ1v) is 7.92. The molecule has 0 aliphatic rings. The molecule has 2 aromatic rings. The van der Waals surface area contributed by atoms with Crippen LogP contribution in [0.1, 0.15) is 26.7 Å². The molecule has 0 radical (unpaired) electrons. The highest BCUT2D eigenvalue weighted by atomic mass is 35.5. The molecule has 0 bridgehead atoms. The zero-order chi connectivity index (χ0) is 16.8. The van der Waals surface area contributed by atoms with Crippen molar-refractivity contribution < 1.29 is 5.11 Å². The predicted octanol–water partition coefficient (Wildman–Crippen LogP) is 1.91. The van der Waals surface area contributed by atoms with E-state index in [2.05, 4.69) is 37.5 Å². The third kappa shape index (κ3) is 4.78. The molecule has 0 saturated heterocycles. The highest BCUT2D eigenvalue weighted by Crippen LogP contribution is 2.25. The second-order valence-electron chi connectivity index (χ2n) is 5.56. The van der Waals surface area contributed by atoms with Crippen LogP contribution in [0.3, 0.4) is 0 Å². The largest absolute Gasteiger partial charge is 0.391 e. The number of hydrogen-bond acceptors (Lipinski definition) is 8. The topological polar surface area (TPSA) is 99.1 Å². The monoisotopic (exact) mass is 355 g/mol. The molecule has 1 atom stereocenters. The Hall–Kier alpha value is -1.93. The van der Waals surface area contributed by atoms with E-state index >= 15 is 0 Å². The van der Waals surface area contributed by atoms with E-state index in [9.17, 15) is 5.11 Å². The van der Waals surface area contributed by atoms with Crippen LogP contribution < -0.4 is 15.5 Å². The first-order valence-electron chi connectivity index (χ1n) is 7.92. The zero-order valence-electron chi connectivity index (χ0n) is 14.6. The van der Waals surface area contributed by atoms with E-state index in [0.29, 0.717) is 41.6 Å². The lowest BCUT2D eigenvalue weighted by Crippen LogP contribution is -2.20. The minimum atomic E-state index is -0.423. The van der Waals surface area contributed by atoms with E-state index in [-0.39, 0.29) is 12.4 Å². The Morgan fingerprint density at radius 2 is 1.83 bits per heavy atom. The molecule has 0 saturated carbocycles. The quantitative estimate of drug-likeness (QED) is 0.660. The summed E-state index contributed by atoms with van der Waals surface area (Å²) in [4.78, 5) is 19.5. The number of fused-ring (bicyclic) bond motifs is 1. The number of aliphatic hydroxyl groups excluding tert-OH is 1. The van der Waals surface area contributed by atoms with Gasteiger partial charge in [0.1, 0.15) is 17.4 Å². The Labute approximate surface area is 148 Å². The van der Waals surface area contributed by atoms with E-state index in [0.717, 1.165) is 13.0 Å². The highest BCUT2D eigenvalue weighted by Gasteiger charge is 2.14. The van der Waals surface area contributed by atoms with Gasteiger partial charge in [-0.1, -0.05) is 13.8 Å². The van der Waals surface area contributed by atoms with Crippen molar-refractivity contribution in [2.24, 2.45) is 0 Å². The Bertz CT molecular complexity index is 653. The molecular formula is C15H26ClN7O. The van der Waals surface area contributed by atoms with Crippen LogP contribution in [-0.4, -0.2) is 58.3 Å². The van der Waals surface area contributed by atoms with Crippen molar-refractivity contribution in [2.45, 2.75) is 32.8 Å². The number of rotatable bonds is 8. The number of anilines is 3. The molecule has 2 heterocycles. The molecule has 0 amide bonds. The number of aromatic nitrogens is 4. The standard InChI is InChI=1S/C15H25N7O.ClH/c1-5-7-16-14-11-12(20-15(21-14)22(3)4)13(19-9-18-11)17-8-10(23)6-2;/h9-10,23H,5-8H2,1-4H3,(H,16,20,21)(H,17,18,19);1H. The van der Waals surface area contributed by atoms with Crippen molar-refractivity contribution >= 4 is 41.0 Å². The van der Waals surface area contributed by atoms with Gasteiger partial charge in [0.05, 0.1) is 6.10 Å². The Morgan fingerprint density at radius 3 is 2.46 bits per heavy atom. The summed E-state index contributed by atoms with van der Waals surface area (Å²) in [6, 6.07) is 0. The van der Waals surface area contributed by atoms with Gasteiger partial charge >= 0.3 is 0 Å². The SMILES string of the molecule is CCCNc1nc(N(C)C)nc2c(NCC(O)CC)ncnc12.Cl. The second kappa shape index (κ2) is 9.39. The zero-order valence-corrected chi connectivity index (χ0v) is 15.4. The van der Waals surface area contributed by atoms with Crippen LogP contribution in [0, 0.1) is 0 Å². The third-order valence-corrected chi connectivity index (χ3v) is 3.39. The van der Waals surface area contributed by atoms with Crippen LogP contribution >= 0.6 is 12.4 Å². The highest BCUT2D eigenvalue weighted by molar-refractivity contribution is 5.93. The Morgan fingerprint density at radius 1 is 1.08 bits per heavy atom. The van der Waals surface area contributed by atoms with Crippen molar-refractivity contribution in [3.8, 4) is 0 Å². The molecule has 3 N–H and O–H groups in total. The van der Waals surface area contributed by atoms with Crippen LogP contribution in [0.2, 0.25) is 0 Å². The first kappa shape index (κ1) is 20.1. The summed E-state index contributed by atoms with van der Waals surface area (Å²) >= 11 is 0. The van der Waals surface area contributed by atoms with Gasteiger partial charge in [0.15, 0.2) is 11.6 Å². The van der Waals surface area contributed by atoms with Crippen molar-refractivity contribution in [2.75, 3.05) is 42.7 Å². The Balaban J connectivity index is 0.00000288. The summed E-state index contributed by atoms with van der Waals surface area (Å²) in [7, 11) is 3.78. The van der Waals surface area contributed by atoms with Gasteiger partial charge in [-0.3, -0.25) is 0 Å². The fourth-order valence-corrected chi connectivity index (χ4v) is 1.99. The van der Waals surface area contributed by atoms with Crippen LogP contribution in [0.5, 0.6) is 0 Å². The lowest BCUT2D eigenvalue weighted by Gasteiger charge is -2.16. The van der Waals surface area contributed by atoms with E-state index < -0.39 is 6.10 Å². The number of nitrogens with zero attached hydrogens (tertiary/aromatic N) is 5. The maximum Gasteiger partial charge on any atom is 0.227 e. The summed E-state index contributed by atoms with van der Waals surface area (Å²) < 4.78 is 0. The number of aliphatic hydroxyl groups is 1. The fraction of sp³-hybridized carbons (Fsp3) is 0.600. The second-order valence-corrected chi connectivity index (χ2v) is 5.56. The third-order valence-electron chi connectivity index (χ3n) is 3.39. The van der Waals surface area contributed by atoms with Crippen LogP contribution in [0.4, 0.5) is 17.6 Å². The molecule has 24 heavy (non-hydrogen) atoms. The Kier molecular flexibility index (Phi) is 7.87. The molecule has 8 nitrogen and oxygen atoms in total. The van der Waals surface area contributed by atoms with Gasteiger partial charge in [-0.05, 0) is 12.8 Å². The van der Waals surface area contributed by atoms with E-state index in [4.69, 9.17) is 0 Å². The molecule has 1 unspecified atom stereocenters. The minimum absolute atomic E-state index is 0. The van der Waals surface area contributed by atoms with Gasteiger partial charge in [0.25, 0.3) is 0 Å². The molecule has 0 spiro atoms. The summed E-state index contributed by atoms with van der Waals surface area (Å²) in [5, 5.41) is 16.2. The maximum absolute atomic E-state index is 9.75. The van der Waals surface area contributed by atoms with Gasteiger partial charge < -0.3 is 20.6 Å². The molecular weight excluding hydrogens is 330 g/mol. The normalized spacial score (nSPS) is 11.7. The van der Waals surface area contributed by atoms with Gasteiger partial charge in [-0.25, -0.2) is 15.0 Å². The van der Waals surface area contributed by atoms with Gasteiger partial charge in [0.2, 0.25) is 5.95 Å². The minimum Gasteiger partial charge on any atom is -0.391 e. The predicted molar refractivity (Wildman–Crippen MR) is 100 cm³/mol. The molecule has 0 fully saturated rings.